The molecule has 0 saturated carbocycles. The third-order valence-electron chi connectivity index (χ3n) is 4.41. The topological polar surface area (TPSA) is 73.6 Å². The first-order chi connectivity index (χ1) is 12.2. The second-order valence-electron chi connectivity index (χ2n) is 6.06. The maximum absolute atomic E-state index is 11.8. The molecular formula is C18H25N5O2. The lowest BCUT2D eigenvalue weighted by Crippen LogP contribution is -2.46. The van der Waals surface area contributed by atoms with Crippen molar-refractivity contribution in [1.29, 1.82) is 0 Å². The van der Waals surface area contributed by atoms with Gasteiger partial charge < -0.3 is 24.9 Å². The highest BCUT2D eigenvalue weighted by molar-refractivity contribution is 5.73. The van der Waals surface area contributed by atoms with Crippen LogP contribution in [0.2, 0.25) is 0 Å². The van der Waals surface area contributed by atoms with E-state index in [1.54, 1.807) is 12.3 Å². The van der Waals surface area contributed by atoms with Crippen molar-refractivity contribution in [2.75, 3.05) is 37.6 Å². The minimum atomic E-state index is -0.226. The molecule has 1 saturated heterocycles. The summed E-state index contributed by atoms with van der Waals surface area (Å²) >= 11 is 0. The largest absolute Gasteiger partial charge is 0.467 e. The standard InChI is InChI=1S/C18H25N5O2/c1-2-22-7-9-23(10-8-22)17-6-5-15(12-19-17)13-20-18(24)21-14-16-4-3-11-25-16/h3-6,11-12H,2,7-10,13-14H2,1H3,(H2,20,21,24). The zero-order valence-electron chi connectivity index (χ0n) is 14.6. The molecule has 1 fully saturated rings. The lowest BCUT2D eigenvalue weighted by Gasteiger charge is -2.34. The summed E-state index contributed by atoms with van der Waals surface area (Å²) in [5.41, 5.74) is 0.976. The summed E-state index contributed by atoms with van der Waals surface area (Å²) in [6.07, 6.45) is 3.42. The van der Waals surface area contributed by atoms with Gasteiger partial charge in [0.2, 0.25) is 0 Å². The Kier molecular flexibility index (Phi) is 5.90. The molecule has 0 unspecified atom stereocenters. The van der Waals surface area contributed by atoms with Crippen LogP contribution in [0.15, 0.2) is 41.1 Å². The van der Waals surface area contributed by atoms with Gasteiger partial charge in [-0.1, -0.05) is 13.0 Å². The molecule has 0 aliphatic carbocycles. The lowest BCUT2D eigenvalue weighted by atomic mass is 10.2. The molecule has 0 aromatic carbocycles. The van der Waals surface area contributed by atoms with Gasteiger partial charge in [-0.25, -0.2) is 9.78 Å². The fraction of sp³-hybridized carbons (Fsp3) is 0.444. The van der Waals surface area contributed by atoms with Gasteiger partial charge >= 0.3 is 6.03 Å². The van der Waals surface area contributed by atoms with Gasteiger partial charge in [0.1, 0.15) is 11.6 Å². The quantitative estimate of drug-likeness (QED) is 0.837. The Morgan fingerprint density at radius 1 is 1.16 bits per heavy atom. The Balaban J connectivity index is 1.42. The number of hydrogen-bond donors (Lipinski definition) is 2. The van der Waals surface area contributed by atoms with Crippen molar-refractivity contribution in [2.24, 2.45) is 0 Å². The number of nitrogens with one attached hydrogen (secondary N) is 2. The molecule has 2 N–H and O–H groups in total. The van der Waals surface area contributed by atoms with E-state index in [-0.39, 0.29) is 6.03 Å². The van der Waals surface area contributed by atoms with Crippen molar-refractivity contribution in [3.8, 4) is 0 Å². The van der Waals surface area contributed by atoms with Gasteiger partial charge in [-0.05, 0) is 30.3 Å². The molecule has 2 aromatic heterocycles. The van der Waals surface area contributed by atoms with Crippen LogP contribution in [0.3, 0.4) is 0 Å². The molecule has 0 bridgehead atoms. The second kappa shape index (κ2) is 8.53. The number of anilines is 1. The van der Waals surface area contributed by atoms with Gasteiger partial charge in [0.05, 0.1) is 12.8 Å². The molecule has 0 atom stereocenters. The number of furan rings is 1. The normalized spacial score (nSPS) is 15.2. The molecular weight excluding hydrogens is 318 g/mol. The molecule has 2 aromatic rings. The molecule has 1 aliphatic heterocycles. The highest BCUT2D eigenvalue weighted by Crippen LogP contribution is 2.14. The first-order valence-electron chi connectivity index (χ1n) is 8.71. The number of piperazine rings is 1. The summed E-state index contributed by atoms with van der Waals surface area (Å²) in [6, 6.07) is 7.44. The Labute approximate surface area is 148 Å². The average Bonchev–Trinajstić information content (AvgIpc) is 3.19. The van der Waals surface area contributed by atoms with E-state index in [0.29, 0.717) is 13.1 Å². The van der Waals surface area contributed by atoms with Gasteiger partial charge in [-0.15, -0.1) is 0 Å². The molecule has 7 nitrogen and oxygen atoms in total. The number of likely N-dealkylation sites (N-methyl/N-ethyl adjacent to an activating group) is 1. The minimum absolute atomic E-state index is 0.226. The van der Waals surface area contributed by atoms with Crippen LogP contribution in [0, 0.1) is 0 Å². The highest BCUT2D eigenvalue weighted by Gasteiger charge is 2.16. The fourth-order valence-electron chi connectivity index (χ4n) is 2.83. The van der Waals surface area contributed by atoms with Crippen molar-refractivity contribution < 1.29 is 9.21 Å². The Morgan fingerprint density at radius 2 is 1.96 bits per heavy atom. The summed E-state index contributed by atoms with van der Waals surface area (Å²) < 4.78 is 5.17. The van der Waals surface area contributed by atoms with Gasteiger partial charge in [-0.3, -0.25) is 0 Å². The van der Waals surface area contributed by atoms with Crippen LogP contribution in [0.1, 0.15) is 18.2 Å². The van der Waals surface area contributed by atoms with Crippen LogP contribution < -0.4 is 15.5 Å². The van der Waals surface area contributed by atoms with E-state index in [9.17, 15) is 4.79 Å². The number of nitrogens with zero attached hydrogens (tertiary/aromatic N) is 3. The number of carbonyl (C=O) groups excluding carboxylic acids is 1. The number of aromatic nitrogens is 1. The molecule has 3 rings (SSSR count). The number of rotatable bonds is 6. The van der Waals surface area contributed by atoms with E-state index in [1.165, 1.54) is 0 Å². The highest BCUT2D eigenvalue weighted by atomic mass is 16.3. The number of amides is 2. The molecule has 1 aliphatic rings. The number of pyridine rings is 1. The second-order valence-corrected chi connectivity index (χ2v) is 6.06. The lowest BCUT2D eigenvalue weighted by molar-refractivity contribution is 0.239. The van der Waals surface area contributed by atoms with E-state index >= 15 is 0 Å². The molecule has 0 radical (unpaired) electrons. The number of hydrogen-bond acceptors (Lipinski definition) is 5. The third kappa shape index (κ3) is 4.96. The van der Waals surface area contributed by atoms with E-state index in [0.717, 1.165) is 49.9 Å². The van der Waals surface area contributed by atoms with Gasteiger partial charge in [0, 0.05) is 38.9 Å². The van der Waals surface area contributed by atoms with Crippen molar-refractivity contribution in [2.45, 2.75) is 20.0 Å². The summed E-state index contributed by atoms with van der Waals surface area (Å²) in [7, 11) is 0. The zero-order chi connectivity index (χ0) is 17.5. The van der Waals surface area contributed by atoms with Crippen molar-refractivity contribution >= 4 is 11.8 Å². The molecule has 134 valence electrons. The summed E-state index contributed by atoms with van der Waals surface area (Å²) in [5, 5.41) is 5.57. The summed E-state index contributed by atoms with van der Waals surface area (Å²) in [6.45, 7) is 8.30. The third-order valence-corrected chi connectivity index (χ3v) is 4.41. The predicted molar refractivity (Wildman–Crippen MR) is 96.3 cm³/mol. The van der Waals surface area contributed by atoms with Crippen LogP contribution in [0.25, 0.3) is 0 Å². The predicted octanol–water partition coefficient (Wildman–Crippen LogP) is 1.82. The van der Waals surface area contributed by atoms with Crippen molar-refractivity contribution in [1.82, 2.24) is 20.5 Å². The van der Waals surface area contributed by atoms with Crippen LogP contribution in [0.5, 0.6) is 0 Å². The SMILES string of the molecule is CCN1CCN(c2ccc(CNC(=O)NCc3ccco3)cn2)CC1. The zero-order valence-corrected chi connectivity index (χ0v) is 14.6. The minimum Gasteiger partial charge on any atom is -0.467 e. The van der Waals surface area contributed by atoms with Gasteiger partial charge in [0.25, 0.3) is 0 Å². The summed E-state index contributed by atoms with van der Waals surface area (Å²) in [5.74, 6) is 1.73. The first-order valence-corrected chi connectivity index (χ1v) is 8.71. The van der Waals surface area contributed by atoms with Crippen LogP contribution in [0.4, 0.5) is 10.6 Å². The molecule has 25 heavy (non-hydrogen) atoms. The average molecular weight is 343 g/mol. The van der Waals surface area contributed by atoms with E-state index < -0.39 is 0 Å². The Bertz CT molecular complexity index is 649. The number of carbonyl (C=O) groups is 1. The fourth-order valence-corrected chi connectivity index (χ4v) is 2.83. The maximum atomic E-state index is 11.8. The first kappa shape index (κ1) is 17.3. The molecule has 7 heteroatoms. The van der Waals surface area contributed by atoms with Gasteiger partial charge in [0.15, 0.2) is 0 Å². The molecule has 0 spiro atoms. The Morgan fingerprint density at radius 3 is 2.60 bits per heavy atom. The summed E-state index contributed by atoms with van der Waals surface area (Å²) in [4.78, 5) is 21.1. The van der Waals surface area contributed by atoms with Crippen molar-refractivity contribution in [3.05, 3.63) is 48.0 Å². The monoisotopic (exact) mass is 343 g/mol. The van der Waals surface area contributed by atoms with E-state index in [4.69, 9.17) is 4.42 Å². The maximum Gasteiger partial charge on any atom is 0.315 e. The van der Waals surface area contributed by atoms with Crippen molar-refractivity contribution in [3.63, 3.8) is 0 Å². The van der Waals surface area contributed by atoms with Gasteiger partial charge in [-0.2, -0.15) is 0 Å². The smallest absolute Gasteiger partial charge is 0.315 e. The van der Waals surface area contributed by atoms with E-state index in [2.05, 4.69) is 32.3 Å². The van der Waals surface area contributed by atoms with Crippen LogP contribution >= 0.6 is 0 Å². The van der Waals surface area contributed by atoms with Crippen LogP contribution in [-0.4, -0.2) is 48.6 Å². The van der Waals surface area contributed by atoms with E-state index in [1.807, 2.05) is 24.4 Å². The number of urea groups is 1. The molecule has 3 heterocycles. The van der Waals surface area contributed by atoms with Crippen LogP contribution in [-0.2, 0) is 13.1 Å². The molecule has 2 amide bonds. The Hall–Kier alpha value is -2.54.